The number of rotatable bonds is 3. The van der Waals surface area contributed by atoms with Crippen molar-refractivity contribution >= 4 is 11.8 Å². The smallest absolute Gasteiger partial charge is 0.162 e. The Kier molecular flexibility index (Phi) is 3.76. The number of thioether (sulfide) groups is 1. The molecule has 1 aliphatic heterocycles. The van der Waals surface area contributed by atoms with Crippen LogP contribution in [0.2, 0.25) is 0 Å². The fourth-order valence-corrected chi connectivity index (χ4v) is 3.99. The van der Waals surface area contributed by atoms with Gasteiger partial charge >= 0.3 is 0 Å². The SMILES string of the molecule is NC(Cc1cccc(F)c1F)C1CSc2ccccc21. The van der Waals surface area contributed by atoms with Gasteiger partial charge in [0.15, 0.2) is 11.6 Å². The number of nitrogens with two attached hydrogens (primary N) is 1. The van der Waals surface area contributed by atoms with Crippen molar-refractivity contribution in [2.45, 2.75) is 23.3 Å². The highest BCUT2D eigenvalue weighted by atomic mass is 32.2. The predicted molar refractivity (Wildman–Crippen MR) is 77.9 cm³/mol. The van der Waals surface area contributed by atoms with Crippen molar-refractivity contribution in [3.8, 4) is 0 Å². The molecule has 0 saturated carbocycles. The van der Waals surface area contributed by atoms with E-state index >= 15 is 0 Å². The molecule has 2 atom stereocenters. The average Bonchev–Trinajstić information content (AvgIpc) is 2.88. The number of fused-ring (bicyclic) bond motifs is 1. The minimum atomic E-state index is -0.809. The maximum absolute atomic E-state index is 13.7. The zero-order chi connectivity index (χ0) is 14.1. The van der Waals surface area contributed by atoms with Gasteiger partial charge in [0.2, 0.25) is 0 Å². The molecule has 2 aromatic rings. The van der Waals surface area contributed by atoms with E-state index in [4.69, 9.17) is 5.73 Å². The molecule has 0 radical (unpaired) electrons. The van der Waals surface area contributed by atoms with Gasteiger partial charge in [0.05, 0.1) is 0 Å². The Morgan fingerprint density at radius 1 is 1.15 bits per heavy atom. The molecule has 2 N–H and O–H groups in total. The van der Waals surface area contributed by atoms with Gasteiger partial charge in [-0.1, -0.05) is 30.3 Å². The van der Waals surface area contributed by atoms with Crippen molar-refractivity contribution in [3.05, 3.63) is 65.2 Å². The first-order chi connectivity index (χ1) is 9.66. The molecule has 1 nitrogen and oxygen atoms in total. The Labute approximate surface area is 121 Å². The van der Waals surface area contributed by atoms with Gasteiger partial charge in [-0.15, -0.1) is 11.8 Å². The van der Waals surface area contributed by atoms with Crippen molar-refractivity contribution in [2.24, 2.45) is 5.73 Å². The molecule has 2 unspecified atom stereocenters. The molecular weight excluding hydrogens is 276 g/mol. The first-order valence-corrected chi connectivity index (χ1v) is 7.55. The van der Waals surface area contributed by atoms with Gasteiger partial charge in [0.1, 0.15) is 0 Å². The molecule has 0 fully saturated rings. The molecular formula is C16H15F2NS. The maximum atomic E-state index is 13.7. The van der Waals surface area contributed by atoms with E-state index in [1.54, 1.807) is 17.8 Å². The lowest BCUT2D eigenvalue weighted by atomic mass is 9.89. The highest BCUT2D eigenvalue weighted by molar-refractivity contribution is 7.99. The van der Waals surface area contributed by atoms with E-state index in [1.807, 2.05) is 12.1 Å². The summed E-state index contributed by atoms with van der Waals surface area (Å²) in [6.07, 6.45) is 0.350. The van der Waals surface area contributed by atoms with Crippen LogP contribution >= 0.6 is 11.8 Å². The van der Waals surface area contributed by atoms with Crippen molar-refractivity contribution in [1.29, 1.82) is 0 Å². The zero-order valence-electron chi connectivity index (χ0n) is 10.9. The third-order valence-electron chi connectivity index (χ3n) is 3.74. The normalized spacial score (nSPS) is 18.9. The van der Waals surface area contributed by atoms with Crippen molar-refractivity contribution in [3.63, 3.8) is 0 Å². The summed E-state index contributed by atoms with van der Waals surface area (Å²) < 4.78 is 26.9. The standard InChI is InChI=1S/C16H15F2NS/c17-13-6-3-4-10(16(13)18)8-14(19)12-9-20-15-7-2-1-5-11(12)15/h1-7,12,14H,8-9,19H2. The zero-order valence-corrected chi connectivity index (χ0v) is 11.7. The topological polar surface area (TPSA) is 26.0 Å². The summed E-state index contributed by atoms with van der Waals surface area (Å²) in [4.78, 5) is 1.24. The van der Waals surface area contributed by atoms with Crippen LogP contribution in [0.15, 0.2) is 47.4 Å². The minimum absolute atomic E-state index is 0.193. The van der Waals surface area contributed by atoms with Crippen molar-refractivity contribution < 1.29 is 8.78 Å². The first-order valence-electron chi connectivity index (χ1n) is 6.57. The Morgan fingerprint density at radius 3 is 2.80 bits per heavy atom. The molecule has 3 rings (SSSR count). The van der Waals surface area contributed by atoms with Crippen LogP contribution in [0, 0.1) is 11.6 Å². The van der Waals surface area contributed by atoms with Crippen LogP contribution < -0.4 is 5.73 Å². The lowest BCUT2D eigenvalue weighted by molar-refractivity contribution is 0.485. The van der Waals surface area contributed by atoms with E-state index < -0.39 is 11.6 Å². The monoisotopic (exact) mass is 291 g/mol. The van der Waals surface area contributed by atoms with Crippen molar-refractivity contribution in [2.75, 3.05) is 5.75 Å². The molecule has 0 aliphatic carbocycles. The van der Waals surface area contributed by atoms with Crippen LogP contribution in [0.4, 0.5) is 8.78 Å². The molecule has 104 valence electrons. The van der Waals surface area contributed by atoms with Crippen LogP contribution in [-0.4, -0.2) is 11.8 Å². The van der Waals surface area contributed by atoms with Gasteiger partial charge in [0, 0.05) is 22.6 Å². The third kappa shape index (κ3) is 2.45. The number of hydrogen-bond donors (Lipinski definition) is 1. The molecule has 20 heavy (non-hydrogen) atoms. The van der Waals surface area contributed by atoms with Crippen LogP contribution in [0.1, 0.15) is 17.0 Å². The number of halogens is 2. The molecule has 0 bridgehead atoms. The second-order valence-electron chi connectivity index (χ2n) is 5.04. The van der Waals surface area contributed by atoms with Crippen LogP contribution in [-0.2, 0) is 6.42 Å². The van der Waals surface area contributed by atoms with Gasteiger partial charge in [-0.3, -0.25) is 0 Å². The molecule has 0 aromatic heterocycles. The Morgan fingerprint density at radius 2 is 1.95 bits per heavy atom. The molecule has 1 aliphatic rings. The lowest BCUT2D eigenvalue weighted by Crippen LogP contribution is -2.31. The van der Waals surface area contributed by atoms with Gasteiger partial charge in [0.25, 0.3) is 0 Å². The maximum Gasteiger partial charge on any atom is 0.162 e. The summed E-state index contributed by atoms with van der Waals surface area (Å²) in [5.41, 5.74) is 7.82. The van der Waals surface area contributed by atoms with E-state index in [2.05, 4.69) is 12.1 Å². The summed E-state index contributed by atoms with van der Waals surface area (Å²) >= 11 is 1.77. The van der Waals surface area contributed by atoms with Crippen LogP contribution in [0.25, 0.3) is 0 Å². The van der Waals surface area contributed by atoms with Crippen LogP contribution in [0.5, 0.6) is 0 Å². The number of hydrogen-bond acceptors (Lipinski definition) is 2. The summed E-state index contributed by atoms with van der Waals surface area (Å²) in [5.74, 6) is -0.492. The highest BCUT2D eigenvalue weighted by Gasteiger charge is 2.28. The third-order valence-corrected chi connectivity index (χ3v) is 4.95. The molecule has 2 aromatic carbocycles. The fourth-order valence-electron chi connectivity index (χ4n) is 2.64. The second-order valence-corrected chi connectivity index (χ2v) is 6.10. The summed E-state index contributed by atoms with van der Waals surface area (Å²) in [7, 11) is 0. The van der Waals surface area contributed by atoms with E-state index in [1.165, 1.54) is 16.5 Å². The van der Waals surface area contributed by atoms with E-state index in [0.29, 0.717) is 12.0 Å². The quantitative estimate of drug-likeness (QED) is 0.932. The van der Waals surface area contributed by atoms with E-state index in [0.717, 1.165) is 11.8 Å². The summed E-state index contributed by atoms with van der Waals surface area (Å²) in [6, 6.07) is 12.2. The minimum Gasteiger partial charge on any atom is -0.327 e. The molecule has 0 amide bonds. The fraction of sp³-hybridized carbons (Fsp3) is 0.250. The first kappa shape index (κ1) is 13.6. The Hall–Kier alpha value is -1.39. The van der Waals surface area contributed by atoms with E-state index in [9.17, 15) is 8.78 Å². The summed E-state index contributed by atoms with van der Waals surface area (Å²) in [6.45, 7) is 0. The number of benzene rings is 2. The van der Waals surface area contributed by atoms with Crippen LogP contribution in [0.3, 0.4) is 0 Å². The van der Waals surface area contributed by atoms with E-state index in [-0.39, 0.29) is 12.0 Å². The lowest BCUT2D eigenvalue weighted by Gasteiger charge is -2.20. The average molecular weight is 291 g/mol. The molecule has 4 heteroatoms. The van der Waals surface area contributed by atoms with Gasteiger partial charge in [-0.2, -0.15) is 0 Å². The van der Waals surface area contributed by atoms with Crippen molar-refractivity contribution in [1.82, 2.24) is 0 Å². The van der Waals surface area contributed by atoms with Gasteiger partial charge in [-0.05, 0) is 29.7 Å². The Balaban J connectivity index is 1.81. The second kappa shape index (κ2) is 5.54. The predicted octanol–water partition coefficient (Wildman–Crippen LogP) is 3.72. The molecule has 0 spiro atoms. The molecule has 0 saturated heterocycles. The molecule has 1 heterocycles. The van der Waals surface area contributed by atoms with Gasteiger partial charge in [-0.25, -0.2) is 8.78 Å². The largest absolute Gasteiger partial charge is 0.327 e. The summed E-state index contributed by atoms with van der Waals surface area (Å²) in [5, 5.41) is 0. The Bertz CT molecular complexity index is 630. The van der Waals surface area contributed by atoms with Gasteiger partial charge < -0.3 is 5.73 Å². The highest BCUT2D eigenvalue weighted by Crippen LogP contribution is 2.41.